The van der Waals surface area contributed by atoms with Gasteiger partial charge in [-0.3, -0.25) is 4.79 Å². The van der Waals surface area contributed by atoms with Crippen molar-refractivity contribution in [1.29, 1.82) is 0 Å². The summed E-state index contributed by atoms with van der Waals surface area (Å²) in [6.45, 7) is 7.68. The molecule has 34 heavy (non-hydrogen) atoms. The Hall–Kier alpha value is -2.58. The van der Waals surface area contributed by atoms with Gasteiger partial charge in [0.1, 0.15) is 0 Å². The van der Waals surface area contributed by atoms with Crippen LogP contribution in [-0.2, 0) is 26.8 Å². The molecule has 3 rings (SSSR count). The van der Waals surface area contributed by atoms with Crippen LogP contribution in [0.2, 0.25) is 0 Å². The number of ether oxygens (including phenoxy) is 2. The molecule has 1 fully saturated rings. The Labute approximate surface area is 203 Å². The van der Waals surface area contributed by atoms with Crippen LogP contribution < -0.4 is 9.47 Å². The van der Waals surface area contributed by atoms with E-state index in [9.17, 15) is 13.2 Å². The first-order valence-corrected chi connectivity index (χ1v) is 13.0. The summed E-state index contributed by atoms with van der Waals surface area (Å²) in [6, 6.07) is 13.0. The maximum absolute atomic E-state index is 13.1. The zero-order valence-corrected chi connectivity index (χ0v) is 21.8. The second-order valence-electron chi connectivity index (χ2n) is 9.84. The summed E-state index contributed by atoms with van der Waals surface area (Å²) in [5, 5.41) is 0. The number of methoxy groups -OCH3 is 2. The monoisotopic (exact) mass is 488 g/mol. The molecule has 1 aliphatic rings. The highest BCUT2D eigenvalue weighted by atomic mass is 32.2. The fourth-order valence-corrected chi connectivity index (χ4v) is 5.73. The third-order valence-electron chi connectivity index (χ3n) is 6.41. The second kappa shape index (κ2) is 10.4. The van der Waals surface area contributed by atoms with Crippen molar-refractivity contribution in [1.82, 2.24) is 9.21 Å². The van der Waals surface area contributed by atoms with Gasteiger partial charge in [0.25, 0.3) is 0 Å². The van der Waals surface area contributed by atoms with E-state index in [0.29, 0.717) is 44.0 Å². The Morgan fingerprint density at radius 3 is 2.12 bits per heavy atom. The molecule has 0 bridgehead atoms. The van der Waals surface area contributed by atoms with Crippen molar-refractivity contribution in [2.45, 2.75) is 50.5 Å². The van der Waals surface area contributed by atoms with E-state index in [1.54, 1.807) is 11.0 Å². The number of hydrogen-bond acceptors (Lipinski definition) is 5. The molecule has 0 aliphatic carbocycles. The second-order valence-corrected chi connectivity index (χ2v) is 11.8. The molecular weight excluding hydrogens is 452 g/mol. The van der Waals surface area contributed by atoms with Gasteiger partial charge in [0.05, 0.1) is 19.1 Å². The topological polar surface area (TPSA) is 76.2 Å². The highest BCUT2D eigenvalue weighted by Crippen LogP contribution is 2.32. The highest BCUT2D eigenvalue weighted by molar-refractivity contribution is 7.89. The van der Waals surface area contributed by atoms with Gasteiger partial charge >= 0.3 is 0 Å². The zero-order chi connectivity index (χ0) is 25.1. The number of nitrogens with zero attached hydrogens (tertiary/aromatic N) is 2. The lowest BCUT2D eigenvalue weighted by atomic mass is 9.86. The van der Waals surface area contributed by atoms with Crippen molar-refractivity contribution in [3.8, 4) is 11.5 Å². The van der Waals surface area contributed by atoms with E-state index in [0.717, 1.165) is 5.56 Å². The van der Waals surface area contributed by atoms with Crippen LogP contribution in [0.25, 0.3) is 0 Å². The molecule has 186 valence electrons. The van der Waals surface area contributed by atoms with E-state index in [1.807, 2.05) is 7.05 Å². The maximum atomic E-state index is 13.1. The van der Waals surface area contributed by atoms with Crippen LogP contribution in [0.5, 0.6) is 11.5 Å². The van der Waals surface area contributed by atoms with Gasteiger partial charge < -0.3 is 14.4 Å². The number of sulfonamides is 1. The van der Waals surface area contributed by atoms with Crippen LogP contribution in [-0.4, -0.2) is 57.9 Å². The van der Waals surface area contributed by atoms with Gasteiger partial charge in [-0.15, -0.1) is 0 Å². The quantitative estimate of drug-likeness (QED) is 0.588. The third kappa shape index (κ3) is 5.73. The number of carbonyl (C=O) groups is 1. The summed E-state index contributed by atoms with van der Waals surface area (Å²) >= 11 is 0. The van der Waals surface area contributed by atoms with Crippen molar-refractivity contribution in [3.63, 3.8) is 0 Å². The minimum Gasteiger partial charge on any atom is -0.493 e. The maximum Gasteiger partial charge on any atom is 0.243 e. The average Bonchev–Trinajstić information content (AvgIpc) is 2.82. The van der Waals surface area contributed by atoms with Crippen LogP contribution in [0.15, 0.2) is 47.4 Å². The van der Waals surface area contributed by atoms with Gasteiger partial charge in [0.2, 0.25) is 15.9 Å². The fourth-order valence-electron chi connectivity index (χ4n) is 4.24. The molecule has 0 radical (unpaired) electrons. The molecular formula is C26H36N2O5S. The molecule has 0 N–H and O–H groups in total. The van der Waals surface area contributed by atoms with Gasteiger partial charge in [-0.25, -0.2) is 8.42 Å². The number of rotatable bonds is 7. The first-order chi connectivity index (χ1) is 16.0. The van der Waals surface area contributed by atoms with Gasteiger partial charge in [0.15, 0.2) is 11.5 Å². The summed E-state index contributed by atoms with van der Waals surface area (Å²) in [6.07, 6.45) is 0.997. The van der Waals surface area contributed by atoms with Gasteiger partial charge in [-0.2, -0.15) is 4.31 Å². The number of benzene rings is 2. The van der Waals surface area contributed by atoms with Gasteiger partial charge in [-0.1, -0.05) is 45.0 Å². The molecule has 0 spiro atoms. The number of amides is 1. The molecule has 1 heterocycles. The minimum atomic E-state index is -3.68. The molecule has 2 aromatic carbocycles. The minimum absolute atomic E-state index is 0.0584. The molecule has 1 aliphatic heterocycles. The first-order valence-electron chi connectivity index (χ1n) is 11.5. The van der Waals surface area contributed by atoms with E-state index in [2.05, 4.69) is 45.0 Å². The van der Waals surface area contributed by atoms with Crippen LogP contribution in [0.3, 0.4) is 0 Å². The Bertz CT molecular complexity index is 1100. The molecule has 0 saturated carbocycles. The Morgan fingerprint density at radius 2 is 1.59 bits per heavy atom. The van der Waals surface area contributed by atoms with E-state index in [1.165, 1.54) is 36.2 Å². The van der Waals surface area contributed by atoms with Crippen LogP contribution in [0.1, 0.15) is 44.7 Å². The molecule has 0 aromatic heterocycles. The predicted molar refractivity (Wildman–Crippen MR) is 133 cm³/mol. The molecule has 7 nitrogen and oxygen atoms in total. The normalized spacial score (nSPS) is 15.7. The summed E-state index contributed by atoms with van der Waals surface area (Å²) in [5.74, 6) is 0.714. The van der Waals surface area contributed by atoms with E-state index in [-0.39, 0.29) is 22.1 Å². The van der Waals surface area contributed by atoms with E-state index < -0.39 is 10.0 Å². The van der Waals surface area contributed by atoms with Crippen molar-refractivity contribution < 1.29 is 22.7 Å². The summed E-state index contributed by atoms with van der Waals surface area (Å²) in [5.41, 5.74) is 2.43. The first kappa shape index (κ1) is 26.0. The van der Waals surface area contributed by atoms with Crippen molar-refractivity contribution in [3.05, 3.63) is 53.6 Å². The zero-order valence-electron chi connectivity index (χ0n) is 21.0. The van der Waals surface area contributed by atoms with Gasteiger partial charge in [0, 0.05) is 38.7 Å². The summed E-state index contributed by atoms with van der Waals surface area (Å²) in [7, 11) is 1.11. The SMILES string of the molecule is COc1ccc(S(=O)(=O)N2CCC(C(=O)N(C)Cc3ccc(C(C)(C)C)cc3)CC2)cc1OC. The third-order valence-corrected chi connectivity index (χ3v) is 8.31. The summed E-state index contributed by atoms with van der Waals surface area (Å²) in [4.78, 5) is 14.9. The molecule has 0 atom stereocenters. The molecule has 1 saturated heterocycles. The Morgan fingerprint density at radius 1 is 1.00 bits per heavy atom. The lowest BCUT2D eigenvalue weighted by molar-refractivity contribution is -0.135. The van der Waals surface area contributed by atoms with Crippen LogP contribution in [0, 0.1) is 5.92 Å². The predicted octanol–water partition coefficient (Wildman–Crippen LogP) is 4.06. The highest BCUT2D eigenvalue weighted by Gasteiger charge is 2.33. The standard InChI is InChI=1S/C26H36N2O5S/c1-26(2,3)21-9-7-19(8-10-21)18-27(4)25(29)20-13-15-28(16-14-20)34(30,31)22-11-12-23(32-5)24(17-22)33-6/h7-12,17,20H,13-16,18H2,1-6H3. The van der Waals surface area contributed by atoms with E-state index in [4.69, 9.17) is 9.47 Å². The van der Waals surface area contributed by atoms with Gasteiger partial charge in [-0.05, 0) is 41.5 Å². The lowest BCUT2D eigenvalue weighted by Gasteiger charge is -2.32. The molecule has 1 amide bonds. The van der Waals surface area contributed by atoms with Crippen molar-refractivity contribution in [2.24, 2.45) is 5.92 Å². The van der Waals surface area contributed by atoms with Crippen LogP contribution in [0.4, 0.5) is 0 Å². The molecule has 8 heteroatoms. The summed E-state index contributed by atoms with van der Waals surface area (Å²) < 4.78 is 38.2. The fraction of sp³-hybridized carbons (Fsp3) is 0.500. The smallest absolute Gasteiger partial charge is 0.243 e. The van der Waals surface area contributed by atoms with Crippen molar-refractivity contribution >= 4 is 15.9 Å². The van der Waals surface area contributed by atoms with E-state index >= 15 is 0 Å². The van der Waals surface area contributed by atoms with Crippen molar-refractivity contribution in [2.75, 3.05) is 34.4 Å². The molecule has 2 aromatic rings. The largest absolute Gasteiger partial charge is 0.493 e. The Balaban J connectivity index is 1.61. The average molecular weight is 489 g/mol. The Kier molecular flexibility index (Phi) is 7.93. The van der Waals surface area contributed by atoms with Crippen LogP contribution >= 0.6 is 0 Å². The number of hydrogen-bond donors (Lipinski definition) is 0. The lowest BCUT2D eigenvalue weighted by Crippen LogP contribution is -2.43. The number of piperidine rings is 1. The number of carbonyl (C=O) groups excluding carboxylic acids is 1. The molecule has 0 unspecified atom stereocenters.